The van der Waals surface area contributed by atoms with Crippen molar-refractivity contribution in [2.45, 2.75) is 24.9 Å². The number of ether oxygens (including phenoxy) is 2. The molecule has 2 aromatic heterocycles. The Balaban J connectivity index is 1.29. The number of halogens is 2. The molecule has 3 N–H and O–H groups in total. The number of nitrogens with zero attached hydrogens (tertiary/aromatic N) is 3. The number of nitrogens with one attached hydrogen (secondary N) is 3. The van der Waals surface area contributed by atoms with Gasteiger partial charge in [-0.2, -0.15) is 5.10 Å². The van der Waals surface area contributed by atoms with Crippen molar-refractivity contribution in [1.29, 1.82) is 0 Å². The van der Waals surface area contributed by atoms with Gasteiger partial charge in [0.1, 0.15) is 17.9 Å². The zero-order valence-electron chi connectivity index (χ0n) is 23.8. The number of aryl methyl sites for hydroxylation is 1. The van der Waals surface area contributed by atoms with E-state index in [2.05, 4.69) is 21.0 Å². The Bertz CT molecular complexity index is 1850. The highest BCUT2D eigenvalue weighted by Crippen LogP contribution is 2.45. The predicted octanol–water partition coefficient (Wildman–Crippen LogP) is 4.38. The van der Waals surface area contributed by atoms with Crippen LogP contribution >= 0.6 is 23.2 Å². The number of aromatic nitrogens is 3. The fraction of sp³-hybridized carbons (Fsp3) is 0.258. The highest BCUT2D eigenvalue weighted by Gasteiger charge is 2.32. The number of rotatable bonds is 8. The molecule has 0 unspecified atom stereocenters. The number of amides is 2. The van der Waals surface area contributed by atoms with E-state index in [9.17, 15) is 14.4 Å². The highest BCUT2D eigenvalue weighted by atomic mass is 35.5. The third-order valence-electron chi connectivity index (χ3n) is 7.69. The minimum atomic E-state index is -0.609. The number of fused-ring (bicyclic) bond motifs is 1. The number of carbonyl (C=O) groups is 2. The van der Waals surface area contributed by atoms with Gasteiger partial charge in [-0.05, 0) is 18.6 Å². The molecule has 0 radical (unpaired) electrons. The van der Waals surface area contributed by atoms with Crippen molar-refractivity contribution >= 4 is 40.7 Å². The predicted molar refractivity (Wildman–Crippen MR) is 167 cm³/mol. The summed E-state index contributed by atoms with van der Waals surface area (Å²) in [6.45, 7) is 1.00. The summed E-state index contributed by atoms with van der Waals surface area (Å²) in [5.41, 5.74) is 2.90. The van der Waals surface area contributed by atoms with Crippen LogP contribution in [0.1, 0.15) is 34.8 Å². The third-order valence-corrected chi connectivity index (χ3v) is 8.50. The summed E-state index contributed by atoms with van der Waals surface area (Å²) in [7, 11) is 3.02. The summed E-state index contributed by atoms with van der Waals surface area (Å²) in [4.78, 5) is 41.6. The SMILES string of the molecule is COc1nc(-c2cccc(-c3cccc(NC(=O)c4ccnn(C)c4=O)c3Cl)c2Cl)cc2c1[C@@H](NC[C@@H]1CCC(=O)N1)CO2. The van der Waals surface area contributed by atoms with Crippen molar-refractivity contribution in [3.63, 3.8) is 0 Å². The van der Waals surface area contributed by atoms with Gasteiger partial charge < -0.3 is 25.4 Å². The van der Waals surface area contributed by atoms with Crippen molar-refractivity contribution in [3.8, 4) is 34.0 Å². The summed E-state index contributed by atoms with van der Waals surface area (Å²) in [6, 6.07) is 13.8. The fourth-order valence-electron chi connectivity index (χ4n) is 5.42. The summed E-state index contributed by atoms with van der Waals surface area (Å²) in [6.07, 6.45) is 2.70. The van der Waals surface area contributed by atoms with Crippen molar-refractivity contribution in [2.75, 3.05) is 25.6 Å². The van der Waals surface area contributed by atoms with E-state index >= 15 is 0 Å². The van der Waals surface area contributed by atoms with Gasteiger partial charge in [0.25, 0.3) is 11.5 Å². The average Bonchev–Trinajstić information content (AvgIpc) is 3.63. The molecule has 1 fully saturated rings. The lowest BCUT2D eigenvalue weighted by Crippen LogP contribution is -2.37. The van der Waals surface area contributed by atoms with E-state index in [1.54, 1.807) is 25.3 Å². The maximum absolute atomic E-state index is 12.9. The topological polar surface area (TPSA) is 136 Å². The van der Waals surface area contributed by atoms with Crippen molar-refractivity contribution < 1.29 is 19.1 Å². The Labute approximate surface area is 262 Å². The summed E-state index contributed by atoms with van der Waals surface area (Å²) >= 11 is 13.8. The number of methoxy groups -OCH3 is 1. The molecule has 11 nitrogen and oxygen atoms in total. The first kappa shape index (κ1) is 29.6. The van der Waals surface area contributed by atoms with Crippen LogP contribution in [0.5, 0.6) is 11.6 Å². The molecule has 0 bridgehead atoms. The fourth-order valence-corrected chi connectivity index (χ4v) is 6.02. The molecule has 4 heterocycles. The van der Waals surface area contributed by atoms with Crippen LogP contribution < -0.4 is 31.0 Å². The molecule has 0 spiro atoms. The van der Waals surface area contributed by atoms with Crippen LogP contribution in [-0.2, 0) is 11.8 Å². The third kappa shape index (κ3) is 5.61. The molecule has 2 aromatic carbocycles. The van der Waals surface area contributed by atoms with E-state index in [0.717, 1.165) is 16.7 Å². The average molecular weight is 636 g/mol. The van der Waals surface area contributed by atoms with Gasteiger partial charge >= 0.3 is 0 Å². The first-order valence-corrected chi connectivity index (χ1v) is 14.7. The van der Waals surface area contributed by atoms with Gasteiger partial charge in [-0.25, -0.2) is 9.67 Å². The van der Waals surface area contributed by atoms with Gasteiger partial charge in [0.15, 0.2) is 0 Å². The monoisotopic (exact) mass is 634 g/mol. The number of anilines is 1. The van der Waals surface area contributed by atoms with Gasteiger partial charge in [-0.15, -0.1) is 0 Å². The molecule has 1 saturated heterocycles. The standard InChI is InChI=1S/C31H28Cl2N6O5/c1-39-31(42)20(11-12-35-39)29(41)37-21-8-4-6-18(28(21)33)17-5-3-7-19(27(17)32)22-13-24-26(30(38-22)43-2)23(15-44-24)34-14-16-9-10-25(40)36-16/h3-8,11-13,16,23,34H,9-10,14-15H2,1-2H3,(H,36,40)(H,37,41)/t16-,23-/m0/s1. The van der Waals surface area contributed by atoms with Gasteiger partial charge in [0.05, 0.1) is 40.1 Å². The first-order chi connectivity index (χ1) is 21.2. The van der Waals surface area contributed by atoms with Gasteiger partial charge in [0.2, 0.25) is 11.8 Å². The smallest absolute Gasteiger partial charge is 0.279 e. The van der Waals surface area contributed by atoms with Gasteiger partial charge in [-0.3, -0.25) is 14.4 Å². The quantitative estimate of drug-likeness (QED) is 0.260. The van der Waals surface area contributed by atoms with Crippen molar-refractivity contribution in [3.05, 3.63) is 86.3 Å². The molecular formula is C31H28Cl2N6O5. The zero-order valence-corrected chi connectivity index (χ0v) is 25.3. The lowest BCUT2D eigenvalue weighted by Gasteiger charge is -2.18. The molecule has 6 rings (SSSR count). The molecule has 13 heteroatoms. The Morgan fingerprint density at radius 2 is 1.86 bits per heavy atom. The Hall–Kier alpha value is -4.45. The van der Waals surface area contributed by atoms with Crippen LogP contribution in [0, 0.1) is 0 Å². The molecule has 0 saturated carbocycles. The van der Waals surface area contributed by atoms with Crippen LogP contribution in [0.3, 0.4) is 0 Å². The van der Waals surface area contributed by atoms with Crippen LogP contribution in [0.4, 0.5) is 5.69 Å². The second kappa shape index (κ2) is 12.3. The molecule has 2 atom stereocenters. The molecule has 226 valence electrons. The van der Waals surface area contributed by atoms with Crippen LogP contribution in [0.2, 0.25) is 10.0 Å². The number of carbonyl (C=O) groups excluding carboxylic acids is 2. The summed E-state index contributed by atoms with van der Waals surface area (Å²) in [5.74, 6) is 0.500. The number of pyridine rings is 1. The normalized spacial score (nSPS) is 17.1. The molecular weight excluding hydrogens is 607 g/mol. The molecule has 44 heavy (non-hydrogen) atoms. The number of benzene rings is 2. The lowest BCUT2D eigenvalue weighted by molar-refractivity contribution is -0.119. The lowest BCUT2D eigenvalue weighted by atomic mass is 9.99. The van der Waals surface area contributed by atoms with Crippen LogP contribution in [-0.4, -0.2) is 52.9 Å². The van der Waals surface area contributed by atoms with Gasteiger partial charge in [0, 0.05) is 55.0 Å². The van der Waals surface area contributed by atoms with Crippen molar-refractivity contribution in [2.24, 2.45) is 7.05 Å². The Morgan fingerprint density at radius 1 is 1.11 bits per heavy atom. The second-order valence-electron chi connectivity index (χ2n) is 10.5. The van der Waals surface area contributed by atoms with Crippen LogP contribution in [0.25, 0.3) is 22.4 Å². The zero-order chi connectivity index (χ0) is 31.0. The molecule has 2 amide bonds. The van der Waals surface area contributed by atoms with E-state index in [-0.39, 0.29) is 28.6 Å². The van der Waals surface area contributed by atoms with E-state index in [1.807, 2.05) is 24.3 Å². The van der Waals surface area contributed by atoms with E-state index in [4.69, 9.17) is 37.7 Å². The maximum atomic E-state index is 12.9. The largest absolute Gasteiger partial charge is 0.491 e. The minimum Gasteiger partial charge on any atom is -0.491 e. The Morgan fingerprint density at radius 3 is 2.61 bits per heavy atom. The highest BCUT2D eigenvalue weighted by molar-refractivity contribution is 6.39. The van der Waals surface area contributed by atoms with E-state index in [0.29, 0.717) is 64.3 Å². The van der Waals surface area contributed by atoms with E-state index in [1.165, 1.54) is 19.3 Å². The summed E-state index contributed by atoms with van der Waals surface area (Å²) < 4.78 is 12.8. The molecule has 4 aromatic rings. The molecule has 2 aliphatic rings. The maximum Gasteiger partial charge on any atom is 0.279 e. The first-order valence-electron chi connectivity index (χ1n) is 13.9. The Kier molecular flexibility index (Phi) is 8.26. The van der Waals surface area contributed by atoms with Crippen LogP contribution in [0.15, 0.2) is 59.5 Å². The minimum absolute atomic E-state index is 0.0643. The second-order valence-corrected chi connectivity index (χ2v) is 11.2. The molecule has 2 aliphatic heterocycles. The number of hydrogen-bond acceptors (Lipinski definition) is 8. The number of hydrogen-bond donors (Lipinski definition) is 3. The van der Waals surface area contributed by atoms with E-state index < -0.39 is 11.5 Å². The van der Waals surface area contributed by atoms with Gasteiger partial charge in [-0.1, -0.05) is 53.5 Å². The summed E-state index contributed by atoms with van der Waals surface area (Å²) in [5, 5.41) is 13.6. The van der Waals surface area contributed by atoms with Crippen molar-refractivity contribution in [1.82, 2.24) is 25.4 Å². The molecule has 0 aliphatic carbocycles.